The fourth-order valence-electron chi connectivity index (χ4n) is 3.83. The van der Waals surface area contributed by atoms with Crippen molar-refractivity contribution in [3.8, 4) is 0 Å². The van der Waals surface area contributed by atoms with E-state index in [4.69, 9.17) is 4.99 Å². The third-order valence-corrected chi connectivity index (χ3v) is 6.44. The van der Waals surface area contributed by atoms with Crippen LogP contribution in [0.15, 0.2) is 17.1 Å². The van der Waals surface area contributed by atoms with Crippen molar-refractivity contribution in [1.82, 2.24) is 20.0 Å². The largest absolute Gasteiger partial charge is 0.357 e. The number of nitrogens with zero attached hydrogens (tertiary/aromatic N) is 4. The van der Waals surface area contributed by atoms with Gasteiger partial charge in [-0.1, -0.05) is 0 Å². The van der Waals surface area contributed by atoms with Crippen LogP contribution in [0.2, 0.25) is 0 Å². The number of aliphatic imine (C=N–C) groups is 1. The summed E-state index contributed by atoms with van der Waals surface area (Å²) in [4.78, 5) is 26.8. The summed E-state index contributed by atoms with van der Waals surface area (Å²) in [6.45, 7) is 13.4. The lowest BCUT2D eigenvalue weighted by atomic mass is 10.2. The van der Waals surface area contributed by atoms with Crippen LogP contribution in [0.3, 0.4) is 0 Å². The second-order valence-corrected chi connectivity index (χ2v) is 8.79. The normalized spacial score (nSPS) is 19.5. The van der Waals surface area contributed by atoms with Crippen molar-refractivity contribution in [2.75, 3.05) is 45.8 Å². The van der Waals surface area contributed by atoms with E-state index in [0.29, 0.717) is 5.91 Å². The summed E-state index contributed by atoms with van der Waals surface area (Å²) in [6.07, 6.45) is 2.30. The average Bonchev–Trinajstić information content (AvgIpc) is 3.36. The Morgan fingerprint density at radius 1 is 1.14 bits per heavy atom. The lowest BCUT2D eigenvalue weighted by molar-refractivity contribution is -0.135. The Labute approximate surface area is 190 Å². The van der Waals surface area contributed by atoms with Gasteiger partial charge in [-0.15, -0.1) is 35.3 Å². The molecule has 2 aliphatic heterocycles. The van der Waals surface area contributed by atoms with E-state index < -0.39 is 0 Å². The van der Waals surface area contributed by atoms with Crippen LogP contribution < -0.4 is 5.32 Å². The number of likely N-dealkylation sites (tertiary alicyclic amines) is 1. The summed E-state index contributed by atoms with van der Waals surface area (Å²) in [7, 11) is 0. The molecule has 1 aromatic heterocycles. The summed E-state index contributed by atoms with van der Waals surface area (Å²) in [5.41, 5.74) is 0. The zero-order valence-corrected chi connectivity index (χ0v) is 20.5. The molecule has 8 heteroatoms. The molecule has 1 N–H and O–H groups in total. The summed E-state index contributed by atoms with van der Waals surface area (Å²) in [5, 5.41) is 3.43. The van der Waals surface area contributed by atoms with Gasteiger partial charge in [-0.2, -0.15) is 0 Å². The Bertz CT molecular complexity index is 651. The average molecular weight is 519 g/mol. The maximum atomic E-state index is 12.7. The van der Waals surface area contributed by atoms with E-state index in [-0.39, 0.29) is 30.0 Å². The minimum absolute atomic E-state index is 0. The molecule has 1 unspecified atom stereocenters. The highest BCUT2D eigenvalue weighted by Crippen LogP contribution is 2.17. The molecule has 1 aromatic rings. The highest BCUT2D eigenvalue weighted by Gasteiger charge is 2.30. The number of nitrogens with one attached hydrogen (secondary N) is 1. The molecule has 1 amide bonds. The third kappa shape index (κ3) is 6.06. The van der Waals surface area contributed by atoms with Gasteiger partial charge in [-0.05, 0) is 45.7 Å². The molecule has 28 heavy (non-hydrogen) atoms. The van der Waals surface area contributed by atoms with Gasteiger partial charge in [0.05, 0.1) is 12.6 Å². The number of hydrogen-bond donors (Lipinski definition) is 1. The van der Waals surface area contributed by atoms with Gasteiger partial charge in [0.1, 0.15) is 0 Å². The molecule has 0 aliphatic carbocycles. The van der Waals surface area contributed by atoms with Crippen molar-refractivity contribution in [3.63, 3.8) is 0 Å². The highest BCUT2D eigenvalue weighted by atomic mass is 127. The van der Waals surface area contributed by atoms with E-state index in [1.165, 1.54) is 9.75 Å². The molecule has 3 rings (SSSR count). The van der Waals surface area contributed by atoms with Crippen LogP contribution >= 0.6 is 35.3 Å². The minimum Gasteiger partial charge on any atom is -0.357 e. The maximum Gasteiger partial charge on any atom is 0.239 e. The molecule has 6 nitrogen and oxygen atoms in total. The summed E-state index contributed by atoms with van der Waals surface area (Å²) in [5.74, 6) is 1.29. The Balaban J connectivity index is 0.00000280. The Hall–Kier alpha value is -0.870. The topological polar surface area (TPSA) is 51.2 Å². The van der Waals surface area contributed by atoms with Crippen LogP contribution in [0.4, 0.5) is 0 Å². The molecule has 1 atom stereocenters. The van der Waals surface area contributed by atoms with Crippen LogP contribution in [0.1, 0.15) is 36.4 Å². The van der Waals surface area contributed by atoms with E-state index in [2.05, 4.69) is 48.0 Å². The van der Waals surface area contributed by atoms with Gasteiger partial charge in [-0.3, -0.25) is 9.69 Å². The van der Waals surface area contributed by atoms with Crippen molar-refractivity contribution < 1.29 is 4.79 Å². The van der Waals surface area contributed by atoms with Gasteiger partial charge < -0.3 is 15.1 Å². The molecule has 0 aromatic carbocycles. The molecule has 2 aliphatic rings. The van der Waals surface area contributed by atoms with Crippen molar-refractivity contribution in [2.45, 2.75) is 46.2 Å². The molecule has 0 spiro atoms. The van der Waals surface area contributed by atoms with Crippen LogP contribution in [0.25, 0.3) is 0 Å². The van der Waals surface area contributed by atoms with Gasteiger partial charge in [0.25, 0.3) is 0 Å². The number of aryl methyl sites for hydroxylation is 1. The molecule has 158 valence electrons. The second kappa shape index (κ2) is 11.3. The Kier molecular flexibility index (Phi) is 9.49. The van der Waals surface area contributed by atoms with Crippen molar-refractivity contribution in [3.05, 3.63) is 21.9 Å². The van der Waals surface area contributed by atoms with E-state index in [0.717, 1.165) is 71.2 Å². The predicted molar refractivity (Wildman–Crippen MR) is 128 cm³/mol. The number of hydrogen-bond acceptors (Lipinski definition) is 4. The molecule has 2 fully saturated rings. The molecular weight excluding hydrogens is 485 g/mol. The predicted octanol–water partition coefficient (Wildman–Crippen LogP) is 2.77. The first-order chi connectivity index (χ1) is 13.1. The van der Waals surface area contributed by atoms with Crippen molar-refractivity contribution >= 4 is 47.2 Å². The zero-order chi connectivity index (χ0) is 19.2. The summed E-state index contributed by atoms with van der Waals surface area (Å²) in [6, 6.07) is 4.30. The molecule has 3 heterocycles. The zero-order valence-electron chi connectivity index (χ0n) is 17.3. The lowest BCUT2D eigenvalue weighted by Crippen LogP contribution is -2.57. The minimum atomic E-state index is -0.0149. The maximum absolute atomic E-state index is 12.7. The standard InChI is InChI=1S/C20H33N5OS.HI/c1-4-21-20(22-15-18-8-7-16(2)27-18)25-13-11-23(12-14-25)17(3)19(26)24-9-5-6-10-24;/h7-8,17H,4-6,9-15H2,1-3H3,(H,21,22);1H. The molecule has 0 bridgehead atoms. The van der Waals surface area contributed by atoms with E-state index in [1.54, 1.807) is 0 Å². The number of halogens is 1. The van der Waals surface area contributed by atoms with Gasteiger partial charge in [0.15, 0.2) is 5.96 Å². The first-order valence-electron chi connectivity index (χ1n) is 10.2. The number of guanidine groups is 1. The van der Waals surface area contributed by atoms with Crippen LogP contribution in [-0.2, 0) is 11.3 Å². The quantitative estimate of drug-likeness (QED) is 0.370. The number of carbonyl (C=O) groups excluding carboxylic acids is 1. The first kappa shape index (κ1) is 23.4. The second-order valence-electron chi connectivity index (χ2n) is 7.41. The third-order valence-electron chi connectivity index (χ3n) is 5.45. The Morgan fingerprint density at radius 2 is 1.82 bits per heavy atom. The van der Waals surface area contributed by atoms with Crippen LogP contribution in [0, 0.1) is 6.92 Å². The number of thiophene rings is 1. The SMILES string of the molecule is CCNC(=NCc1ccc(C)s1)N1CCN(C(C)C(=O)N2CCCC2)CC1.I. The lowest BCUT2D eigenvalue weighted by Gasteiger charge is -2.39. The number of carbonyl (C=O) groups is 1. The first-order valence-corrected chi connectivity index (χ1v) is 11.0. The van der Waals surface area contributed by atoms with Gasteiger partial charge in [0, 0.05) is 55.6 Å². The molecular formula is C20H34IN5OS. The van der Waals surface area contributed by atoms with Gasteiger partial charge in [-0.25, -0.2) is 4.99 Å². The number of rotatable bonds is 5. The monoisotopic (exact) mass is 519 g/mol. The van der Waals surface area contributed by atoms with E-state index in [9.17, 15) is 4.79 Å². The number of amides is 1. The van der Waals surface area contributed by atoms with Crippen LogP contribution in [0.5, 0.6) is 0 Å². The van der Waals surface area contributed by atoms with E-state index >= 15 is 0 Å². The van der Waals surface area contributed by atoms with Gasteiger partial charge in [0.2, 0.25) is 5.91 Å². The van der Waals surface area contributed by atoms with E-state index in [1.807, 2.05) is 16.2 Å². The fourth-order valence-corrected chi connectivity index (χ4v) is 4.64. The van der Waals surface area contributed by atoms with Crippen LogP contribution in [-0.4, -0.2) is 78.4 Å². The van der Waals surface area contributed by atoms with Gasteiger partial charge >= 0.3 is 0 Å². The molecule has 2 saturated heterocycles. The summed E-state index contributed by atoms with van der Waals surface area (Å²) < 4.78 is 0. The highest BCUT2D eigenvalue weighted by molar-refractivity contribution is 14.0. The van der Waals surface area contributed by atoms with Crippen molar-refractivity contribution in [2.24, 2.45) is 4.99 Å². The smallest absolute Gasteiger partial charge is 0.239 e. The fraction of sp³-hybridized carbons (Fsp3) is 0.700. The molecule has 0 radical (unpaired) electrons. The summed E-state index contributed by atoms with van der Waals surface area (Å²) >= 11 is 1.81. The van der Waals surface area contributed by atoms with Crippen molar-refractivity contribution in [1.29, 1.82) is 0 Å². The Morgan fingerprint density at radius 3 is 2.39 bits per heavy atom. The number of piperazine rings is 1. The molecule has 0 saturated carbocycles.